The maximum Gasteiger partial charge on any atom is 0.0931 e. The Hall–Kier alpha value is -0.870. The summed E-state index contributed by atoms with van der Waals surface area (Å²) < 4.78 is 0.798. The molecule has 102 valence electrons. The second-order valence-electron chi connectivity index (χ2n) is 4.64. The Kier molecular flexibility index (Phi) is 5.40. The van der Waals surface area contributed by atoms with Gasteiger partial charge in [-0.2, -0.15) is 0 Å². The van der Waals surface area contributed by atoms with Gasteiger partial charge in [0.15, 0.2) is 0 Å². The molecule has 0 fully saturated rings. The Morgan fingerprint density at radius 3 is 2.63 bits per heavy atom. The molecular formula is C15H18ClNOS. The molecule has 1 unspecified atom stereocenters. The van der Waals surface area contributed by atoms with E-state index in [1.54, 1.807) is 0 Å². The van der Waals surface area contributed by atoms with Crippen LogP contribution in [-0.4, -0.2) is 17.8 Å². The van der Waals surface area contributed by atoms with Crippen molar-refractivity contribution < 1.29 is 5.11 Å². The predicted molar refractivity (Wildman–Crippen MR) is 81.9 cm³/mol. The lowest BCUT2D eigenvalue weighted by molar-refractivity contribution is 0.232. The highest BCUT2D eigenvalue weighted by Crippen LogP contribution is 2.25. The minimum absolute atomic E-state index is 0.0519. The summed E-state index contributed by atoms with van der Waals surface area (Å²) in [5.74, 6) is 0. The van der Waals surface area contributed by atoms with E-state index < -0.39 is 0 Å². The van der Waals surface area contributed by atoms with Gasteiger partial charge in [-0.05, 0) is 35.9 Å². The van der Waals surface area contributed by atoms with E-state index in [-0.39, 0.29) is 18.7 Å². The summed E-state index contributed by atoms with van der Waals surface area (Å²) in [7, 11) is 0. The Bertz CT molecular complexity index is 500. The summed E-state index contributed by atoms with van der Waals surface area (Å²) in [6.45, 7) is 2.21. The topological polar surface area (TPSA) is 32.3 Å². The molecule has 0 saturated heterocycles. The molecule has 0 aliphatic carbocycles. The van der Waals surface area contributed by atoms with Crippen LogP contribution in [0.25, 0.3) is 0 Å². The van der Waals surface area contributed by atoms with Gasteiger partial charge < -0.3 is 10.4 Å². The molecule has 0 saturated carbocycles. The molecule has 2 nitrogen and oxygen atoms in total. The van der Waals surface area contributed by atoms with Gasteiger partial charge >= 0.3 is 0 Å². The molecule has 0 aliphatic rings. The Balaban J connectivity index is 1.95. The second kappa shape index (κ2) is 7.06. The van der Waals surface area contributed by atoms with Gasteiger partial charge in [0.2, 0.25) is 0 Å². The van der Waals surface area contributed by atoms with Crippen molar-refractivity contribution in [3.63, 3.8) is 0 Å². The van der Waals surface area contributed by atoms with Gasteiger partial charge in [0, 0.05) is 12.1 Å². The molecule has 0 bridgehead atoms. The number of halogens is 1. The van der Waals surface area contributed by atoms with E-state index in [1.807, 2.05) is 24.3 Å². The van der Waals surface area contributed by atoms with Gasteiger partial charge in [-0.25, -0.2) is 0 Å². The molecule has 4 heteroatoms. The number of hydrogen-bond donors (Lipinski definition) is 2. The van der Waals surface area contributed by atoms with Crippen LogP contribution in [0, 0.1) is 0 Å². The standard InChI is InChI=1S/C15H18ClNOS/c1-11(13-8-15(16)19-10-13)17-14(9-18)7-12-5-3-2-4-6-12/h2-6,8,10-11,14,17-18H,7,9H2,1H3/t11?,14-/m0/s1. The molecule has 2 atom stereocenters. The van der Waals surface area contributed by atoms with E-state index in [4.69, 9.17) is 11.6 Å². The van der Waals surface area contributed by atoms with Gasteiger partial charge in [-0.1, -0.05) is 41.9 Å². The molecule has 1 aromatic heterocycles. The fourth-order valence-corrected chi connectivity index (χ4v) is 3.06. The van der Waals surface area contributed by atoms with Crippen LogP contribution in [0.15, 0.2) is 41.8 Å². The highest BCUT2D eigenvalue weighted by Gasteiger charge is 2.14. The number of aliphatic hydroxyl groups excluding tert-OH is 1. The van der Waals surface area contributed by atoms with Crippen molar-refractivity contribution in [1.29, 1.82) is 0 Å². The van der Waals surface area contributed by atoms with Crippen molar-refractivity contribution in [3.8, 4) is 0 Å². The minimum atomic E-state index is 0.0519. The summed E-state index contributed by atoms with van der Waals surface area (Å²) in [6.07, 6.45) is 0.819. The summed E-state index contributed by atoms with van der Waals surface area (Å²) in [4.78, 5) is 0. The Labute approximate surface area is 123 Å². The van der Waals surface area contributed by atoms with Crippen molar-refractivity contribution in [3.05, 3.63) is 57.2 Å². The van der Waals surface area contributed by atoms with Crippen molar-refractivity contribution in [2.75, 3.05) is 6.61 Å². The van der Waals surface area contributed by atoms with Crippen LogP contribution in [-0.2, 0) is 6.42 Å². The normalized spacial score (nSPS) is 14.3. The molecule has 2 rings (SSSR count). The van der Waals surface area contributed by atoms with E-state index in [0.717, 1.165) is 10.8 Å². The zero-order valence-corrected chi connectivity index (χ0v) is 12.4. The largest absolute Gasteiger partial charge is 0.395 e. The minimum Gasteiger partial charge on any atom is -0.395 e. The Morgan fingerprint density at radius 1 is 1.32 bits per heavy atom. The fraction of sp³-hybridized carbons (Fsp3) is 0.333. The molecule has 0 aliphatic heterocycles. The number of benzene rings is 1. The highest BCUT2D eigenvalue weighted by atomic mass is 35.5. The maximum absolute atomic E-state index is 9.50. The summed E-state index contributed by atoms with van der Waals surface area (Å²) >= 11 is 7.48. The van der Waals surface area contributed by atoms with Crippen LogP contribution in [0.2, 0.25) is 4.34 Å². The van der Waals surface area contributed by atoms with Crippen molar-refractivity contribution >= 4 is 22.9 Å². The first-order chi connectivity index (χ1) is 9.19. The van der Waals surface area contributed by atoms with Crippen molar-refractivity contribution in [2.45, 2.75) is 25.4 Å². The molecular weight excluding hydrogens is 278 g/mol. The lowest BCUT2D eigenvalue weighted by Crippen LogP contribution is -2.36. The predicted octanol–water partition coefficient (Wildman–Crippen LogP) is 3.66. The average molecular weight is 296 g/mol. The molecule has 2 aromatic rings. The number of rotatable bonds is 6. The summed E-state index contributed by atoms with van der Waals surface area (Å²) in [5.41, 5.74) is 2.39. The second-order valence-corrected chi connectivity index (χ2v) is 6.18. The van der Waals surface area contributed by atoms with Crippen LogP contribution < -0.4 is 5.32 Å². The number of aliphatic hydroxyl groups is 1. The quantitative estimate of drug-likeness (QED) is 0.852. The van der Waals surface area contributed by atoms with Gasteiger partial charge in [0.1, 0.15) is 0 Å². The lowest BCUT2D eigenvalue weighted by atomic mass is 10.0. The molecule has 0 amide bonds. The highest BCUT2D eigenvalue weighted by molar-refractivity contribution is 7.14. The zero-order valence-electron chi connectivity index (χ0n) is 10.8. The third-order valence-electron chi connectivity index (χ3n) is 3.12. The van der Waals surface area contributed by atoms with Gasteiger partial charge in [-0.15, -0.1) is 11.3 Å². The lowest BCUT2D eigenvalue weighted by Gasteiger charge is -2.21. The first-order valence-electron chi connectivity index (χ1n) is 6.34. The van der Waals surface area contributed by atoms with Crippen molar-refractivity contribution in [2.24, 2.45) is 0 Å². The fourth-order valence-electron chi connectivity index (χ4n) is 2.08. The van der Waals surface area contributed by atoms with Crippen LogP contribution in [0.1, 0.15) is 24.1 Å². The van der Waals surface area contributed by atoms with Crippen molar-refractivity contribution in [1.82, 2.24) is 5.32 Å². The average Bonchev–Trinajstić information content (AvgIpc) is 2.86. The zero-order chi connectivity index (χ0) is 13.7. The smallest absolute Gasteiger partial charge is 0.0931 e. The molecule has 0 spiro atoms. The Morgan fingerprint density at radius 2 is 2.05 bits per heavy atom. The molecule has 19 heavy (non-hydrogen) atoms. The third-order valence-corrected chi connectivity index (χ3v) is 4.23. The van der Waals surface area contributed by atoms with E-state index in [9.17, 15) is 5.11 Å². The van der Waals surface area contributed by atoms with E-state index >= 15 is 0 Å². The van der Waals surface area contributed by atoms with Gasteiger partial charge in [0.05, 0.1) is 10.9 Å². The number of hydrogen-bond acceptors (Lipinski definition) is 3. The van der Waals surface area contributed by atoms with E-state index in [1.165, 1.54) is 22.5 Å². The van der Waals surface area contributed by atoms with E-state index in [2.05, 4.69) is 29.8 Å². The maximum atomic E-state index is 9.50. The van der Waals surface area contributed by atoms with E-state index in [0.29, 0.717) is 0 Å². The van der Waals surface area contributed by atoms with Crippen LogP contribution in [0.4, 0.5) is 0 Å². The first-order valence-corrected chi connectivity index (χ1v) is 7.59. The number of thiophene rings is 1. The third kappa shape index (κ3) is 4.32. The van der Waals surface area contributed by atoms with Gasteiger partial charge in [-0.3, -0.25) is 0 Å². The SMILES string of the molecule is CC(N[C@H](CO)Cc1ccccc1)c1csc(Cl)c1. The van der Waals surface area contributed by atoms with Gasteiger partial charge in [0.25, 0.3) is 0 Å². The number of nitrogens with one attached hydrogen (secondary N) is 1. The van der Waals surface area contributed by atoms with Crippen LogP contribution >= 0.6 is 22.9 Å². The van der Waals surface area contributed by atoms with Crippen LogP contribution in [0.5, 0.6) is 0 Å². The summed E-state index contributed by atoms with van der Waals surface area (Å²) in [5, 5.41) is 15.0. The molecule has 1 heterocycles. The molecule has 2 N–H and O–H groups in total. The van der Waals surface area contributed by atoms with Crippen LogP contribution in [0.3, 0.4) is 0 Å². The molecule has 1 aromatic carbocycles. The monoisotopic (exact) mass is 295 g/mol. The first kappa shape index (κ1) is 14.5. The summed E-state index contributed by atoms with van der Waals surface area (Å²) in [6, 6.07) is 12.4. The molecule has 0 radical (unpaired) electrons.